The number of halogens is 3. The van der Waals surface area contributed by atoms with Gasteiger partial charge in [0, 0.05) is 0 Å². The minimum absolute atomic E-state index is 0.00773. The highest BCUT2D eigenvalue weighted by molar-refractivity contribution is 6.35. The third-order valence-electron chi connectivity index (χ3n) is 1.18. The first kappa shape index (κ1) is 10.5. The first-order chi connectivity index (χ1) is 6.15. The van der Waals surface area contributed by atoms with Gasteiger partial charge in [-0.05, 0) is 6.07 Å². The Morgan fingerprint density at radius 2 is 2.15 bits per heavy atom. The van der Waals surface area contributed by atoms with Crippen molar-refractivity contribution >= 4 is 23.2 Å². The molecule has 1 aromatic rings. The van der Waals surface area contributed by atoms with Gasteiger partial charge in [0.25, 0.3) is 0 Å². The maximum Gasteiger partial charge on any atom is 0.235 e. The molecule has 0 aliphatic carbocycles. The van der Waals surface area contributed by atoms with E-state index in [1.54, 1.807) is 0 Å². The normalized spacial score (nSPS) is 10.2. The molecule has 1 rings (SSSR count). The molecule has 1 heterocycles. The van der Waals surface area contributed by atoms with Crippen LogP contribution >= 0.6 is 23.2 Å². The molecule has 3 nitrogen and oxygen atoms in total. The van der Waals surface area contributed by atoms with Gasteiger partial charge in [-0.15, -0.1) is 0 Å². The minimum atomic E-state index is -0.848. The quantitative estimate of drug-likeness (QED) is 0.800. The van der Waals surface area contributed by atoms with Gasteiger partial charge in [0.05, 0.1) is 11.6 Å². The van der Waals surface area contributed by atoms with Crippen molar-refractivity contribution in [2.24, 2.45) is 0 Å². The van der Waals surface area contributed by atoms with Crippen LogP contribution in [0, 0.1) is 5.95 Å². The molecule has 1 aromatic heterocycles. The summed E-state index contributed by atoms with van der Waals surface area (Å²) >= 11 is 11.0. The fourth-order valence-corrected chi connectivity index (χ4v) is 1.09. The molecule has 1 N–H and O–H groups in total. The highest BCUT2D eigenvalue weighted by Gasteiger charge is 2.09. The highest BCUT2D eigenvalue weighted by atomic mass is 35.5. The van der Waals surface area contributed by atoms with Crippen LogP contribution in [-0.4, -0.2) is 23.3 Å². The fraction of sp³-hybridized carbons (Fsp3) is 0.286. The lowest BCUT2D eigenvalue weighted by Gasteiger charge is -2.05. The zero-order valence-corrected chi connectivity index (χ0v) is 7.94. The Hall–Kier alpha value is -0.580. The summed E-state index contributed by atoms with van der Waals surface area (Å²) in [7, 11) is 0. The van der Waals surface area contributed by atoms with Crippen molar-refractivity contribution in [3.05, 3.63) is 22.1 Å². The predicted molar refractivity (Wildman–Crippen MR) is 46.8 cm³/mol. The third kappa shape index (κ3) is 2.69. The summed E-state index contributed by atoms with van der Waals surface area (Å²) in [5.41, 5.74) is 0. The second kappa shape index (κ2) is 4.60. The lowest BCUT2D eigenvalue weighted by atomic mass is 10.5. The monoisotopic (exact) mass is 225 g/mol. The van der Waals surface area contributed by atoms with Crippen molar-refractivity contribution in [2.45, 2.75) is 0 Å². The summed E-state index contributed by atoms with van der Waals surface area (Å²) in [6, 6.07) is 1.19. The van der Waals surface area contributed by atoms with Gasteiger partial charge in [0.2, 0.25) is 11.8 Å². The summed E-state index contributed by atoms with van der Waals surface area (Å²) in [6.07, 6.45) is 0. The van der Waals surface area contributed by atoms with Crippen molar-refractivity contribution in [2.75, 3.05) is 13.2 Å². The molecule has 0 saturated heterocycles. The third-order valence-corrected chi connectivity index (χ3v) is 1.72. The molecule has 0 aromatic carbocycles. The Morgan fingerprint density at radius 1 is 1.46 bits per heavy atom. The average molecular weight is 226 g/mol. The smallest absolute Gasteiger partial charge is 0.235 e. The predicted octanol–water partition coefficient (Wildman–Crippen LogP) is 1.90. The van der Waals surface area contributed by atoms with Gasteiger partial charge < -0.3 is 9.84 Å². The highest BCUT2D eigenvalue weighted by Crippen LogP contribution is 2.26. The van der Waals surface area contributed by atoms with Gasteiger partial charge in [-0.25, -0.2) is 0 Å². The van der Waals surface area contributed by atoms with E-state index in [0.29, 0.717) is 0 Å². The molecule has 0 aliphatic rings. The summed E-state index contributed by atoms with van der Waals surface area (Å²) in [4.78, 5) is 3.35. The van der Waals surface area contributed by atoms with E-state index in [9.17, 15) is 4.39 Å². The second-order valence-electron chi connectivity index (χ2n) is 2.12. The van der Waals surface area contributed by atoms with Crippen LogP contribution < -0.4 is 4.74 Å². The van der Waals surface area contributed by atoms with E-state index in [2.05, 4.69) is 4.98 Å². The number of ether oxygens (including phenoxy) is 1. The van der Waals surface area contributed by atoms with Crippen LogP contribution in [0.3, 0.4) is 0 Å². The van der Waals surface area contributed by atoms with E-state index in [0.717, 1.165) is 0 Å². The number of rotatable bonds is 3. The number of nitrogens with zero attached hydrogens (tertiary/aromatic N) is 1. The van der Waals surface area contributed by atoms with Crippen LogP contribution in [0.4, 0.5) is 4.39 Å². The van der Waals surface area contributed by atoms with E-state index < -0.39 is 5.95 Å². The van der Waals surface area contributed by atoms with Crippen LogP contribution in [0.15, 0.2) is 6.07 Å². The number of hydrogen-bond acceptors (Lipinski definition) is 3. The maximum atomic E-state index is 12.7. The maximum absolute atomic E-state index is 12.7. The van der Waals surface area contributed by atoms with Crippen LogP contribution in [0.1, 0.15) is 0 Å². The Bertz CT molecular complexity index is 309. The number of aliphatic hydroxyl groups excluding tert-OH is 1. The summed E-state index contributed by atoms with van der Waals surface area (Å²) < 4.78 is 17.6. The lowest BCUT2D eigenvalue weighted by molar-refractivity contribution is 0.195. The van der Waals surface area contributed by atoms with E-state index in [1.165, 1.54) is 6.07 Å². The van der Waals surface area contributed by atoms with Gasteiger partial charge in [0.1, 0.15) is 11.6 Å². The molecule has 0 fully saturated rings. The molecular formula is C7H6Cl2FNO2. The number of pyridine rings is 1. The van der Waals surface area contributed by atoms with Gasteiger partial charge >= 0.3 is 0 Å². The van der Waals surface area contributed by atoms with E-state index in [1.807, 2.05) is 0 Å². The Kier molecular flexibility index (Phi) is 3.71. The van der Waals surface area contributed by atoms with Gasteiger partial charge in [-0.1, -0.05) is 23.2 Å². The van der Waals surface area contributed by atoms with Crippen LogP contribution in [0.25, 0.3) is 0 Å². The zero-order valence-electron chi connectivity index (χ0n) is 6.43. The first-order valence-electron chi connectivity index (χ1n) is 3.40. The number of aliphatic hydroxyl groups is 1. The standard InChI is InChI=1S/C7H6Cl2FNO2/c8-4-3-5(9)7(11-6(4)10)13-2-1-12/h3,12H,1-2H2. The average Bonchev–Trinajstić information content (AvgIpc) is 2.09. The van der Waals surface area contributed by atoms with Crippen LogP contribution in [0.2, 0.25) is 10.0 Å². The molecule has 6 heteroatoms. The Morgan fingerprint density at radius 3 is 2.77 bits per heavy atom. The largest absolute Gasteiger partial charge is 0.474 e. The van der Waals surface area contributed by atoms with Gasteiger partial charge in [-0.2, -0.15) is 9.37 Å². The van der Waals surface area contributed by atoms with Crippen LogP contribution in [0.5, 0.6) is 5.88 Å². The molecule has 13 heavy (non-hydrogen) atoms. The number of aromatic nitrogens is 1. The van der Waals surface area contributed by atoms with Crippen molar-refractivity contribution in [3.63, 3.8) is 0 Å². The second-order valence-corrected chi connectivity index (χ2v) is 2.93. The summed E-state index contributed by atoms with van der Waals surface area (Å²) in [6.45, 7) is -0.184. The summed E-state index contributed by atoms with van der Waals surface area (Å²) in [5.74, 6) is -0.920. The molecule has 72 valence electrons. The molecule has 0 aliphatic heterocycles. The van der Waals surface area contributed by atoms with Crippen molar-refractivity contribution in [3.8, 4) is 5.88 Å². The Labute approximate surface area is 84.1 Å². The van der Waals surface area contributed by atoms with Crippen molar-refractivity contribution in [1.82, 2.24) is 4.98 Å². The minimum Gasteiger partial charge on any atom is -0.474 e. The zero-order chi connectivity index (χ0) is 9.84. The Balaban J connectivity index is 2.88. The number of hydrogen-bond donors (Lipinski definition) is 1. The fourth-order valence-electron chi connectivity index (χ4n) is 0.672. The lowest BCUT2D eigenvalue weighted by Crippen LogP contribution is -2.04. The molecule has 0 amide bonds. The van der Waals surface area contributed by atoms with Crippen LogP contribution in [-0.2, 0) is 0 Å². The van der Waals surface area contributed by atoms with Gasteiger partial charge in [-0.3, -0.25) is 0 Å². The molecule has 0 bridgehead atoms. The molecule has 0 unspecified atom stereocenters. The summed E-state index contributed by atoms with van der Waals surface area (Å²) in [5, 5.41) is 8.37. The van der Waals surface area contributed by atoms with Crippen molar-refractivity contribution < 1.29 is 14.2 Å². The van der Waals surface area contributed by atoms with E-state index in [-0.39, 0.29) is 29.1 Å². The molecule has 0 spiro atoms. The first-order valence-corrected chi connectivity index (χ1v) is 4.16. The van der Waals surface area contributed by atoms with Gasteiger partial charge in [0.15, 0.2) is 0 Å². The SMILES string of the molecule is OCCOc1nc(F)c(Cl)cc1Cl. The molecular weight excluding hydrogens is 220 g/mol. The molecule has 0 atom stereocenters. The van der Waals surface area contributed by atoms with Crippen molar-refractivity contribution in [1.29, 1.82) is 0 Å². The molecule has 0 saturated carbocycles. The van der Waals surface area contributed by atoms with E-state index in [4.69, 9.17) is 33.0 Å². The van der Waals surface area contributed by atoms with E-state index >= 15 is 0 Å². The topological polar surface area (TPSA) is 42.4 Å². The molecule has 0 radical (unpaired) electrons.